The number of piperidine rings is 1. The first-order chi connectivity index (χ1) is 29.2. The molecule has 6 atom stereocenters. The molecule has 4 saturated heterocycles. The van der Waals surface area contributed by atoms with Gasteiger partial charge in [-0.05, 0) is 89.4 Å². The summed E-state index contributed by atoms with van der Waals surface area (Å²) in [6, 6.07) is 29.2. The zero-order valence-corrected chi connectivity index (χ0v) is 33.7. The summed E-state index contributed by atoms with van der Waals surface area (Å²) in [5, 5.41) is 12.6. The van der Waals surface area contributed by atoms with Crippen molar-refractivity contribution in [2.75, 3.05) is 68.8 Å². The molecule has 2 N–H and O–H groups in total. The number of carbonyl (C=O) groups excluding carboxylic acids is 4. The molecule has 11 rings (SSSR count). The van der Waals surface area contributed by atoms with Crippen LogP contribution in [0.4, 0.5) is 11.4 Å². The van der Waals surface area contributed by atoms with Gasteiger partial charge in [-0.15, -0.1) is 0 Å². The number of hydrogen-bond donors (Lipinski definition) is 2. The van der Waals surface area contributed by atoms with Gasteiger partial charge in [0.15, 0.2) is 0 Å². The monoisotopic (exact) mass is 806 g/mol. The Balaban J connectivity index is 0.700. The summed E-state index contributed by atoms with van der Waals surface area (Å²) in [6.45, 7) is 6.90. The van der Waals surface area contributed by atoms with Crippen molar-refractivity contribution in [3.8, 4) is 11.5 Å². The molecule has 12 heteroatoms. The smallest absolute Gasteiger partial charge is 0.255 e. The van der Waals surface area contributed by atoms with Crippen LogP contribution in [0, 0.1) is 11.8 Å². The van der Waals surface area contributed by atoms with E-state index in [0.29, 0.717) is 60.9 Å². The topological polar surface area (TPSA) is 126 Å². The van der Waals surface area contributed by atoms with Crippen LogP contribution in [0.25, 0.3) is 0 Å². The molecule has 12 nitrogen and oxygen atoms in total. The number of phenols is 1. The molecule has 7 aliphatic rings. The zero-order chi connectivity index (χ0) is 40.6. The van der Waals surface area contributed by atoms with Gasteiger partial charge in [-0.25, -0.2) is 0 Å². The van der Waals surface area contributed by atoms with E-state index < -0.39 is 11.9 Å². The second-order valence-electron chi connectivity index (χ2n) is 18.0. The lowest BCUT2D eigenvalue weighted by Crippen LogP contribution is -2.58. The summed E-state index contributed by atoms with van der Waals surface area (Å²) in [6.07, 6.45) is 2.55. The van der Waals surface area contributed by atoms with Crippen LogP contribution in [0.5, 0.6) is 11.5 Å². The number of aromatic hydroxyl groups is 1. The minimum atomic E-state index is -0.654. The second-order valence-corrected chi connectivity index (χ2v) is 18.0. The Bertz CT molecular complexity index is 2370. The van der Waals surface area contributed by atoms with Gasteiger partial charge in [0.05, 0.1) is 18.3 Å². The van der Waals surface area contributed by atoms with Crippen LogP contribution < -0.4 is 19.9 Å². The van der Waals surface area contributed by atoms with E-state index in [1.165, 1.54) is 27.9 Å². The average molecular weight is 807 g/mol. The fourth-order valence-corrected chi connectivity index (χ4v) is 11.5. The SMILES string of the molecule is O=C1CCC(N2Cc3cc4c(cc3C2=O)OC[C@@H]2CN(CC(=O)N3C[C@@H]5CN(c6ccc([C@@H]7c8ccc(O)cc8CC[C@@H]7c7ccccc7)cc6)C[C@@H]5C3)CCN42)C(=O)N1. The number of aryl methyl sites for hydroxylation is 1. The molecule has 4 fully saturated rings. The lowest BCUT2D eigenvalue weighted by Gasteiger charge is -2.45. The van der Waals surface area contributed by atoms with Crippen LogP contribution in [0.15, 0.2) is 84.9 Å². The third-order valence-electron chi connectivity index (χ3n) is 14.5. The van der Waals surface area contributed by atoms with Crippen molar-refractivity contribution in [1.29, 1.82) is 0 Å². The first-order valence-corrected chi connectivity index (χ1v) is 21.7. The van der Waals surface area contributed by atoms with E-state index in [9.17, 15) is 24.3 Å². The number of piperazine rings is 1. The molecule has 0 aromatic heterocycles. The van der Waals surface area contributed by atoms with E-state index in [1.54, 1.807) is 4.90 Å². The molecule has 1 unspecified atom stereocenters. The minimum Gasteiger partial charge on any atom is -0.508 e. The van der Waals surface area contributed by atoms with E-state index in [-0.39, 0.29) is 36.1 Å². The Morgan fingerprint density at radius 2 is 1.58 bits per heavy atom. The molecule has 0 saturated carbocycles. The summed E-state index contributed by atoms with van der Waals surface area (Å²) in [5.74, 6) is 1.79. The normalized spacial score (nSPS) is 27.2. The van der Waals surface area contributed by atoms with Crippen LogP contribution in [0.2, 0.25) is 0 Å². The van der Waals surface area contributed by atoms with Crippen LogP contribution in [0.1, 0.15) is 69.3 Å². The first kappa shape index (κ1) is 37.1. The van der Waals surface area contributed by atoms with Crippen LogP contribution >= 0.6 is 0 Å². The van der Waals surface area contributed by atoms with Gasteiger partial charge in [0.2, 0.25) is 17.7 Å². The van der Waals surface area contributed by atoms with Crippen molar-refractivity contribution in [2.24, 2.45) is 11.8 Å². The van der Waals surface area contributed by atoms with Crippen molar-refractivity contribution in [3.63, 3.8) is 0 Å². The zero-order valence-electron chi connectivity index (χ0n) is 33.7. The third kappa shape index (κ3) is 6.47. The quantitative estimate of drug-likeness (QED) is 0.271. The van der Waals surface area contributed by atoms with Crippen molar-refractivity contribution in [3.05, 3.63) is 118 Å². The number of nitrogens with one attached hydrogen (secondary N) is 1. The number of likely N-dealkylation sites (tertiary alicyclic amines) is 1. The highest BCUT2D eigenvalue weighted by molar-refractivity contribution is 6.06. The van der Waals surface area contributed by atoms with E-state index in [2.05, 4.69) is 85.6 Å². The molecule has 60 heavy (non-hydrogen) atoms. The van der Waals surface area contributed by atoms with Gasteiger partial charge in [-0.2, -0.15) is 0 Å². The van der Waals surface area contributed by atoms with E-state index >= 15 is 0 Å². The molecule has 4 aromatic carbocycles. The van der Waals surface area contributed by atoms with Crippen LogP contribution in [0.3, 0.4) is 0 Å². The number of imide groups is 1. The summed E-state index contributed by atoms with van der Waals surface area (Å²) in [4.78, 5) is 62.2. The summed E-state index contributed by atoms with van der Waals surface area (Å²) >= 11 is 0. The average Bonchev–Trinajstić information content (AvgIpc) is 3.95. The molecule has 0 radical (unpaired) electrons. The van der Waals surface area contributed by atoms with Crippen molar-refractivity contribution in [2.45, 2.75) is 56.1 Å². The largest absolute Gasteiger partial charge is 0.508 e. The number of phenolic OH excluding ortho intramolecular Hbond substituents is 1. The third-order valence-corrected chi connectivity index (χ3v) is 14.5. The highest BCUT2D eigenvalue weighted by Gasteiger charge is 2.44. The summed E-state index contributed by atoms with van der Waals surface area (Å²) in [5.41, 5.74) is 8.83. The van der Waals surface area contributed by atoms with Gasteiger partial charge >= 0.3 is 0 Å². The van der Waals surface area contributed by atoms with E-state index in [4.69, 9.17) is 4.74 Å². The van der Waals surface area contributed by atoms with Crippen molar-refractivity contribution in [1.82, 2.24) is 20.0 Å². The van der Waals surface area contributed by atoms with Crippen LogP contribution in [-0.4, -0.2) is 114 Å². The van der Waals surface area contributed by atoms with Gasteiger partial charge < -0.3 is 29.4 Å². The standard InChI is InChI=1S/C48H50N6O6/c55-37-11-13-39-31(18-37)8-12-38(29-4-2-1-3-5-29)46(39)30-6-9-35(10-7-30)51-21-33-23-52(24-34(33)22-51)45(57)27-50-16-17-53-36(26-50)28-60-43-20-40-32(19-42(43)53)25-54(48(40)59)41-14-15-44(56)49-47(41)58/h1-7,9-11,13,18-20,33-34,36,38,41,46,55H,8,12,14-17,21-28H2,(H,49,56,58)/t33-,34+,36-,38+,41?,46-/m0/s1. The predicted molar refractivity (Wildman–Crippen MR) is 225 cm³/mol. The van der Waals surface area contributed by atoms with E-state index in [0.717, 1.165) is 69.9 Å². The lowest BCUT2D eigenvalue weighted by atomic mass is 9.69. The predicted octanol–water partition coefficient (Wildman–Crippen LogP) is 4.49. The van der Waals surface area contributed by atoms with Crippen LogP contribution in [-0.2, 0) is 27.3 Å². The molecule has 308 valence electrons. The van der Waals surface area contributed by atoms with Crippen molar-refractivity contribution < 1.29 is 29.0 Å². The van der Waals surface area contributed by atoms with Gasteiger partial charge in [-0.3, -0.25) is 29.4 Å². The first-order valence-electron chi connectivity index (χ1n) is 21.7. The Hall–Kier alpha value is -5.88. The molecule has 6 heterocycles. The minimum absolute atomic E-state index is 0.0869. The number of benzene rings is 4. The summed E-state index contributed by atoms with van der Waals surface area (Å²) in [7, 11) is 0. The maximum Gasteiger partial charge on any atom is 0.255 e. The summed E-state index contributed by atoms with van der Waals surface area (Å²) < 4.78 is 6.24. The molecule has 0 bridgehead atoms. The highest BCUT2D eigenvalue weighted by Crippen LogP contribution is 2.48. The lowest BCUT2D eigenvalue weighted by molar-refractivity contribution is -0.137. The number of ether oxygens (including phenoxy) is 1. The fourth-order valence-electron chi connectivity index (χ4n) is 11.5. The Morgan fingerprint density at radius 3 is 2.37 bits per heavy atom. The van der Waals surface area contributed by atoms with Crippen molar-refractivity contribution >= 4 is 35.0 Å². The number of rotatable bonds is 6. The molecule has 6 aliphatic heterocycles. The molecular weight excluding hydrogens is 757 g/mol. The number of fused-ring (bicyclic) bond motifs is 6. The number of nitrogens with zero attached hydrogens (tertiary/aromatic N) is 5. The molecule has 4 amide bonds. The van der Waals surface area contributed by atoms with E-state index in [1.807, 2.05) is 24.3 Å². The second kappa shape index (κ2) is 14.7. The highest BCUT2D eigenvalue weighted by atomic mass is 16.5. The maximum absolute atomic E-state index is 13.8. The van der Waals surface area contributed by atoms with Gasteiger partial charge in [0.1, 0.15) is 24.1 Å². The maximum atomic E-state index is 13.8. The Kier molecular flexibility index (Phi) is 9.09. The number of carbonyl (C=O) groups is 4. The Labute approximate surface area is 349 Å². The fraction of sp³-hybridized carbons (Fsp3) is 0.417. The van der Waals surface area contributed by atoms with Gasteiger partial charge in [0.25, 0.3) is 5.91 Å². The van der Waals surface area contributed by atoms with Gasteiger partial charge in [0, 0.05) is 87.8 Å². The molecule has 0 spiro atoms. The van der Waals surface area contributed by atoms with Gasteiger partial charge in [-0.1, -0.05) is 48.5 Å². The molecular formula is C48H50N6O6. The number of amides is 4. The number of hydrogen-bond acceptors (Lipinski definition) is 9. The Morgan fingerprint density at radius 1 is 0.783 bits per heavy atom. The molecule has 1 aliphatic carbocycles. The molecule has 4 aromatic rings. The number of anilines is 2.